The van der Waals surface area contributed by atoms with Gasteiger partial charge in [-0.05, 0) is 37.3 Å². The molecule has 0 aliphatic heterocycles. The molecule has 0 atom stereocenters. The van der Waals surface area contributed by atoms with Gasteiger partial charge in [-0.15, -0.1) is 11.3 Å². The molecule has 130 valence electrons. The van der Waals surface area contributed by atoms with Crippen molar-refractivity contribution in [3.05, 3.63) is 76.5 Å². The van der Waals surface area contributed by atoms with Crippen molar-refractivity contribution in [3.63, 3.8) is 0 Å². The monoisotopic (exact) mass is 383 g/mol. The van der Waals surface area contributed by atoms with E-state index in [0.717, 1.165) is 9.84 Å². The maximum absolute atomic E-state index is 12.6. The van der Waals surface area contributed by atoms with Gasteiger partial charge in [-0.25, -0.2) is 4.98 Å². The second-order valence-electron chi connectivity index (χ2n) is 5.67. The van der Waals surface area contributed by atoms with Crippen LogP contribution in [-0.2, 0) is 0 Å². The summed E-state index contributed by atoms with van der Waals surface area (Å²) < 4.78 is 7.71. The predicted molar refractivity (Wildman–Crippen MR) is 104 cm³/mol. The zero-order chi connectivity index (χ0) is 18.1. The van der Waals surface area contributed by atoms with Crippen molar-refractivity contribution in [2.45, 2.75) is 6.92 Å². The second kappa shape index (κ2) is 6.82. The quantitative estimate of drug-likeness (QED) is 0.513. The molecule has 26 heavy (non-hydrogen) atoms. The van der Waals surface area contributed by atoms with Gasteiger partial charge < -0.3 is 10.1 Å². The van der Waals surface area contributed by atoms with Gasteiger partial charge in [-0.2, -0.15) is 0 Å². The highest BCUT2D eigenvalue weighted by Gasteiger charge is 2.15. The highest BCUT2D eigenvalue weighted by molar-refractivity contribution is 7.17. The Labute approximate surface area is 158 Å². The molecule has 0 bridgehead atoms. The first kappa shape index (κ1) is 16.6. The number of carbonyl (C=O) groups excluding carboxylic acids is 1. The Hall–Kier alpha value is -2.83. The Bertz CT molecular complexity index is 1060. The van der Waals surface area contributed by atoms with Crippen LogP contribution >= 0.6 is 22.9 Å². The number of thiazole rings is 1. The lowest BCUT2D eigenvalue weighted by atomic mass is 10.2. The van der Waals surface area contributed by atoms with E-state index in [1.54, 1.807) is 24.4 Å². The van der Waals surface area contributed by atoms with E-state index in [4.69, 9.17) is 16.3 Å². The summed E-state index contributed by atoms with van der Waals surface area (Å²) in [6, 6.07) is 14.4. The van der Waals surface area contributed by atoms with Gasteiger partial charge in [0.1, 0.15) is 11.4 Å². The van der Waals surface area contributed by atoms with E-state index in [2.05, 4.69) is 10.3 Å². The Morgan fingerprint density at radius 2 is 2.00 bits per heavy atom. The number of nitrogens with one attached hydrogen (secondary N) is 1. The molecule has 2 heterocycles. The number of halogens is 1. The lowest BCUT2D eigenvalue weighted by Crippen LogP contribution is -2.13. The molecular weight excluding hydrogens is 370 g/mol. The maximum Gasteiger partial charge on any atom is 0.276 e. The summed E-state index contributed by atoms with van der Waals surface area (Å²) in [6.45, 7) is 2.00. The minimum atomic E-state index is -0.321. The van der Waals surface area contributed by atoms with E-state index in [9.17, 15) is 4.79 Å². The smallest absolute Gasteiger partial charge is 0.276 e. The highest BCUT2D eigenvalue weighted by atomic mass is 35.5. The van der Waals surface area contributed by atoms with Crippen molar-refractivity contribution in [1.82, 2.24) is 9.38 Å². The van der Waals surface area contributed by atoms with Gasteiger partial charge in [0, 0.05) is 22.3 Å². The van der Waals surface area contributed by atoms with E-state index in [-0.39, 0.29) is 5.91 Å². The van der Waals surface area contributed by atoms with Gasteiger partial charge in [0.2, 0.25) is 0 Å². The topological polar surface area (TPSA) is 55.6 Å². The molecule has 0 saturated heterocycles. The lowest BCUT2D eigenvalue weighted by Gasteiger charge is -2.12. The Balaban J connectivity index is 1.61. The fourth-order valence-electron chi connectivity index (χ4n) is 2.51. The number of ether oxygens (including phenoxy) is 1. The van der Waals surface area contributed by atoms with Gasteiger partial charge in [-0.3, -0.25) is 9.20 Å². The normalized spacial score (nSPS) is 10.8. The zero-order valence-electron chi connectivity index (χ0n) is 13.8. The number of para-hydroxylation sites is 1. The van der Waals surface area contributed by atoms with Crippen LogP contribution in [0.4, 0.5) is 5.69 Å². The summed E-state index contributed by atoms with van der Waals surface area (Å²) in [5.74, 6) is 0.854. The van der Waals surface area contributed by atoms with Crippen molar-refractivity contribution in [2.75, 3.05) is 5.32 Å². The fraction of sp³-hybridized carbons (Fsp3) is 0.0526. The number of hydrogen-bond acceptors (Lipinski definition) is 4. The summed E-state index contributed by atoms with van der Waals surface area (Å²) in [5, 5.41) is 3.34. The van der Waals surface area contributed by atoms with Crippen LogP contribution in [0.3, 0.4) is 0 Å². The SMILES string of the molecule is Cc1cn2cc(C(=O)Nc3cc(Cl)ccc3Oc3ccccc3)nc2s1. The molecule has 0 fully saturated rings. The van der Waals surface area contributed by atoms with Crippen LogP contribution < -0.4 is 10.1 Å². The van der Waals surface area contributed by atoms with Gasteiger partial charge >= 0.3 is 0 Å². The number of anilines is 1. The largest absolute Gasteiger partial charge is 0.455 e. The summed E-state index contributed by atoms with van der Waals surface area (Å²) in [6.07, 6.45) is 3.64. The first-order valence-corrected chi connectivity index (χ1v) is 9.07. The van der Waals surface area contributed by atoms with Gasteiger partial charge in [-0.1, -0.05) is 29.8 Å². The van der Waals surface area contributed by atoms with Crippen LogP contribution in [0.15, 0.2) is 60.9 Å². The molecule has 4 aromatic rings. The van der Waals surface area contributed by atoms with Crippen molar-refractivity contribution in [1.29, 1.82) is 0 Å². The van der Waals surface area contributed by atoms with E-state index >= 15 is 0 Å². The van der Waals surface area contributed by atoms with Crippen LogP contribution in [0.5, 0.6) is 11.5 Å². The van der Waals surface area contributed by atoms with Crippen molar-refractivity contribution in [3.8, 4) is 11.5 Å². The third-order valence-electron chi connectivity index (χ3n) is 3.66. The minimum Gasteiger partial charge on any atom is -0.455 e. The summed E-state index contributed by atoms with van der Waals surface area (Å²) in [4.78, 5) is 18.9. The van der Waals surface area contributed by atoms with Crippen LogP contribution in [0.25, 0.3) is 4.96 Å². The number of aromatic nitrogens is 2. The van der Waals surface area contributed by atoms with Crippen LogP contribution in [-0.4, -0.2) is 15.3 Å². The molecule has 7 heteroatoms. The van der Waals surface area contributed by atoms with Crippen LogP contribution in [0.2, 0.25) is 5.02 Å². The highest BCUT2D eigenvalue weighted by Crippen LogP contribution is 2.32. The average Bonchev–Trinajstić information content (AvgIpc) is 3.16. The lowest BCUT2D eigenvalue weighted by molar-refractivity contribution is 0.102. The van der Waals surface area contributed by atoms with Crippen LogP contribution in [0, 0.1) is 6.92 Å². The molecule has 0 radical (unpaired) electrons. The number of amides is 1. The van der Waals surface area contributed by atoms with E-state index in [1.165, 1.54) is 11.3 Å². The van der Waals surface area contributed by atoms with E-state index < -0.39 is 0 Å². The van der Waals surface area contributed by atoms with Crippen LogP contribution in [0.1, 0.15) is 15.4 Å². The van der Waals surface area contributed by atoms with Gasteiger partial charge in [0.15, 0.2) is 10.7 Å². The number of fused-ring (bicyclic) bond motifs is 1. The standard InChI is InChI=1S/C19H14ClN3O2S/c1-12-10-23-11-16(22-19(23)26-12)18(24)21-15-9-13(20)7-8-17(15)25-14-5-3-2-4-6-14/h2-11H,1H3,(H,21,24). The first-order chi connectivity index (χ1) is 12.6. The second-order valence-corrected chi connectivity index (χ2v) is 7.32. The molecule has 1 N–H and O–H groups in total. The molecule has 4 rings (SSSR count). The Morgan fingerprint density at radius 1 is 1.19 bits per heavy atom. The maximum atomic E-state index is 12.6. The molecule has 0 spiro atoms. The van der Waals surface area contributed by atoms with Gasteiger partial charge in [0.05, 0.1) is 5.69 Å². The number of rotatable bonds is 4. The number of carbonyl (C=O) groups is 1. The number of aryl methyl sites for hydroxylation is 1. The summed E-state index contributed by atoms with van der Waals surface area (Å²) in [7, 11) is 0. The average molecular weight is 384 g/mol. The predicted octanol–water partition coefficient (Wildman–Crippen LogP) is 5.40. The van der Waals surface area contributed by atoms with Crippen molar-refractivity contribution >= 4 is 39.5 Å². The summed E-state index contributed by atoms with van der Waals surface area (Å²) in [5.41, 5.74) is 0.820. The number of imidazole rings is 1. The number of benzene rings is 2. The molecule has 1 amide bonds. The molecule has 2 aromatic heterocycles. The van der Waals surface area contributed by atoms with E-state index in [1.807, 2.05) is 47.9 Å². The Morgan fingerprint density at radius 3 is 2.77 bits per heavy atom. The molecular formula is C19H14ClN3O2S. The minimum absolute atomic E-state index is 0.321. The van der Waals surface area contributed by atoms with Gasteiger partial charge in [0.25, 0.3) is 5.91 Å². The first-order valence-electron chi connectivity index (χ1n) is 7.87. The summed E-state index contributed by atoms with van der Waals surface area (Å²) >= 11 is 7.62. The zero-order valence-corrected chi connectivity index (χ0v) is 15.3. The third-order valence-corrected chi connectivity index (χ3v) is 4.81. The molecule has 5 nitrogen and oxygen atoms in total. The van der Waals surface area contributed by atoms with E-state index in [0.29, 0.717) is 27.9 Å². The van der Waals surface area contributed by atoms with Crippen molar-refractivity contribution < 1.29 is 9.53 Å². The molecule has 2 aromatic carbocycles. The third kappa shape index (κ3) is 3.42. The number of hydrogen-bond donors (Lipinski definition) is 1. The molecule has 0 aliphatic carbocycles. The fourth-order valence-corrected chi connectivity index (χ4v) is 3.49. The number of nitrogens with zero attached hydrogens (tertiary/aromatic N) is 2. The molecule has 0 unspecified atom stereocenters. The molecule has 0 aliphatic rings. The van der Waals surface area contributed by atoms with Crippen molar-refractivity contribution in [2.24, 2.45) is 0 Å². The molecule has 0 saturated carbocycles. The Kier molecular flexibility index (Phi) is 4.36.